The molecule has 0 aromatic heterocycles. The Balaban J connectivity index is 2.30. The second-order valence-electron chi connectivity index (χ2n) is 4.79. The molecule has 1 N–H and O–H groups in total. The highest BCUT2D eigenvalue weighted by atomic mass is 32.1. The van der Waals surface area contributed by atoms with Gasteiger partial charge in [0.1, 0.15) is 11.0 Å². The molecule has 0 saturated carbocycles. The Hall–Kier alpha value is -1.77. The van der Waals surface area contributed by atoms with Gasteiger partial charge in [0.2, 0.25) is 0 Å². The first-order valence-corrected chi connectivity index (χ1v) is 6.55. The van der Waals surface area contributed by atoms with Gasteiger partial charge in [0.25, 0.3) is 0 Å². The SMILES string of the molecule is O=C(O)[C@H]1CCN1C(=S)c1cccc(C(F)(F)C(F)(F)F)c1. The van der Waals surface area contributed by atoms with E-state index in [9.17, 15) is 26.7 Å². The van der Waals surface area contributed by atoms with Gasteiger partial charge in [-0.1, -0.05) is 30.4 Å². The Kier molecular flexibility index (Phi) is 4.12. The summed E-state index contributed by atoms with van der Waals surface area (Å²) in [5.74, 6) is -6.12. The average molecular weight is 339 g/mol. The number of benzene rings is 1. The highest BCUT2D eigenvalue weighted by Crippen LogP contribution is 2.44. The molecule has 0 bridgehead atoms. The van der Waals surface area contributed by atoms with E-state index in [0.29, 0.717) is 25.1 Å². The van der Waals surface area contributed by atoms with E-state index in [0.717, 1.165) is 6.07 Å². The van der Waals surface area contributed by atoms with Gasteiger partial charge >= 0.3 is 18.1 Å². The lowest BCUT2D eigenvalue weighted by atomic mass is 10.00. The summed E-state index contributed by atoms with van der Waals surface area (Å²) in [6, 6.07) is 2.73. The van der Waals surface area contributed by atoms with Crippen molar-refractivity contribution >= 4 is 23.2 Å². The third kappa shape index (κ3) is 2.77. The maximum atomic E-state index is 13.3. The van der Waals surface area contributed by atoms with Gasteiger partial charge in [-0.15, -0.1) is 0 Å². The number of carboxylic acids is 1. The molecule has 0 amide bonds. The fourth-order valence-electron chi connectivity index (χ4n) is 2.06. The van der Waals surface area contributed by atoms with E-state index >= 15 is 0 Å². The zero-order chi connectivity index (χ0) is 16.7. The van der Waals surface area contributed by atoms with Crippen molar-refractivity contribution in [2.24, 2.45) is 0 Å². The maximum absolute atomic E-state index is 13.3. The fraction of sp³-hybridized carbons (Fsp3) is 0.385. The Labute approximate surface area is 127 Å². The van der Waals surface area contributed by atoms with E-state index < -0.39 is 29.7 Å². The summed E-state index contributed by atoms with van der Waals surface area (Å²) in [6.07, 6.45) is -5.37. The average Bonchev–Trinajstić information content (AvgIpc) is 2.35. The van der Waals surface area contributed by atoms with E-state index in [2.05, 4.69) is 0 Å². The van der Waals surface area contributed by atoms with Crippen LogP contribution in [-0.4, -0.2) is 39.7 Å². The molecule has 22 heavy (non-hydrogen) atoms. The van der Waals surface area contributed by atoms with Crippen LogP contribution in [-0.2, 0) is 10.7 Å². The zero-order valence-electron chi connectivity index (χ0n) is 10.9. The number of likely N-dealkylation sites (tertiary alicyclic amines) is 1. The van der Waals surface area contributed by atoms with Gasteiger partial charge in [-0.3, -0.25) is 0 Å². The van der Waals surface area contributed by atoms with Crippen molar-refractivity contribution < 1.29 is 31.9 Å². The van der Waals surface area contributed by atoms with E-state index in [1.807, 2.05) is 0 Å². The van der Waals surface area contributed by atoms with E-state index in [1.54, 1.807) is 0 Å². The molecular weight excluding hydrogens is 329 g/mol. The number of halogens is 5. The van der Waals surface area contributed by atoms with Gasteiger partial charge < -0.3 is 10.0 Å². The molecule has 1 heterocycles. The lowest BCUT2D eigenvalue weighted by Gasteiger charge is -2.40. The number of hydrogen-bond donors (Lipinski definition) is 1. The molecule has 0 radical (unpaired) electrons. The number of carboxylic acid groups (broad SMARTS) is 1. The van der Waals surface area contributed by atoms with Crippen molar-refractivity contribution in [1.82, 2.24) is 4.90 Å². The molecule has 1 aromatic rings. The fourth-order valence-corrected chi connectivity index (χ4v) is 2.41. The molecule has 1 aliphatic rings. The Morgan fingerprint density at radius 3 is 2.36 bits per heavy atom. The molecular formula is C13H10F5NO2S. The number of carbonyl (C=O) groups is 1. The first-order chi connectivity index (χ1) is 10.1. The normalized spacial score (nSPS) is 18.8. The molecule has 9 heteroatoms. The molecule has 2 rings (SSSR count). The quantitative estimate of drug-likeness (QED) is 0.678. The van der Waals surface area contributed by atoms with Crippen LogP contribution < -0.4 is 0 Å². The highest BCUT2D eigenvalue weighted by Gasteiger charge is 2.58. The molecule has 1 fully saturated rings. The zero-order valence-corrected chi connectivity index (χ0v) is 11.7. The van der Waals surface area contributed by atoms with Gasteiger partial charge in [0.15, 0.2) is 0 Å². The van der Waals surface area contributed by atoms with Gasteiger partial charge in [0, 0.05) is 17.7 Å². The van der Waals surface area contributed by atoms with Crippen LogP contribution >= 0.6 is 12.2 Å². The standard InChI is InChI=1S/C13H10F5NO2S/c14-12(15,13(16,17)18)8-3-1-2-7(6-8)10(22)19-5-4-9(19)11(20)21/h1-3,6,9H,4-5H2,(H,20,21)/t9-/m1/s1. The van der Waals surface area contributed by atoms with E-state index in [-0.39, 0.29) is 10.6 Å². The molecule has 3 nitrogen and oxygen atoms in total. The molecule has 1 aliphatic heterocycles. The predicted molar refractivity (Wildman–Crippen MR) is 70.8 cm³/mol. The summed E-state index contributed by atoms with van der Waals surface area (Å²) in [4.78, 5) is 12.1. The molecule has 1 saturated heterocycles. The summed E-state index contributed by atoms with van der Waals surface area (Å²) in [5.41, 5.74) is -1.27. The van der Waals surface area contributed by atoms with Crippen molar-refractivity contribution in [3.63, 3.8) is 0 Å². The number of thiocarbonyl (C=S) groups is 1. The third-order valence-electron chi connectivity index (χ3n) is 3.39. The van der Waals surface area contributed by atoms with Crippen LogP contribution in [0, 0.1) is 0 Å². The first-order valence-electron chi connectivity index (χ1n) is 6.14. The lowest BCUT2D eigenvalue weighted by Crippen LogP contribution is -2.54. The van der Waals surface area contributed by atoms with E-state index in [1.165, 1.54) is 11.0 Å². The Morgan fingerprint density at radius 1 is 1.27 bits per heavy atom. The van der Waals surface area contributed by atoms with Gasteiger partial charge in [0.05, 0.1) is 0 Å². The summed E-state index contributed by atoms with van der Waals surface area (Å²) in [5, 5.41) is 8.92. The minimum atomic E-state index is -5.71. The van der Waals surface area contributed by atoms with Gasteiger partial charge in [-0.25, -0.2) is 4.79 Å². The summed E-state index contributed by atoms with van der Waals surface area (Å²) in [6.45, 7) is 0.315. The number of alkyl halides is 5. The van der Waals surface area contributed by atoms with Crippen LogP contribution in [0.1, 0.15) is 17.5 Å². The molecule has 1 aromatic carbocycles. The van der Waals surface area contributed by atoms with Crippen molar-refractivity contribution in [3.05, 3.63) is 35.4 Å². The van der Waals surface area contributed by atoms with Crippen LogP contribution in [0.25, 0.3) is 0 Å². The lowest BCUT2D eigenvalue weighted by molar-refractivity contribution is -0.289. The van der Waals surface area contributed by atoms with E-state index in [4.69, 9.17) is 17.3 Å². The van der Waals surface area contributed by atoms with Crippen LogP contribution in [0.3, 0.4) is 0 Å². The monoisotopic (exact) mass is 339 g/mol. The van der Waals surface area contributed by atoms with Crippen LogP contribution in [0.15, 0.2) is 24.3 Å². The molecule has 0 aliphatic carbocycles. The predicted octanol–water partition coefficient (Wildman–Crippen LogP) is 3.18. The Morgan fingerprint density at radius 2 is 1.91 bits per heavy atom. The second kappa shape index (κ2) is 5.45. The van der Waals surface area contributed by atoms with Crippen LogP contribution in [0.2, 0.25) is 0 Å². The number of aliphatic carboxylic acids is 1. The second-order valence-corrected chi connectivity index (χ2v) is 5.18. The smallest absolute Gasteiger partial charge is 0.458 e. The first kappa shape index (κ1) is 16.6. The van der Waals surface area contributed by atoms with Crippen LogP contribution in [0.5, 0.6) is 0 Å². The minimum Gasteiger partial charge on any atom is -0.480 e. The summed E-state index contributed by atoms with van der Waals surface area (Å²) in [7, 11) is 0. The minimum absolute atomic E-state index is 0.0395. The maximum Gasteiger partial charge on any atom is 0.458 e. The number of rotatable bonds is 3. The molecule has 120 valence electrons. The van der Waals surface area contributed by atoms with Crippen LogP contribution in [0.4, 0.5) is 22.0 Å². The van der Waals surface area contributed by atoms with Gasteiger partial charge in [-0.2, -0.15) is 22.0 Å². The van der Waals surface area contributed by atoms with Crippen molar-refractivity contribution in [1.29, 1.82) is 0 Å². The third-order valence-corrected chi connectivity index (χ3v) is 3.86. The largest absolute Gasteiger partial charge is 0.480 e. The van der Waals surface area contributed by atoms with Crippen molar-refractivity contribution in [2.45, 2.75) is 24.6 Å². The van der Waals surface area contributed by atoms with Crippen molar-refractivity contribution in [3.8, 4) is 0 Å². The number of hydrogen-bond acceptors (Lipinski definition) is 2. The molecule has 0 spiro atoms. The highest BCUT2D eigenvalue weighted by molar-refractivity contribution is 7.80. The van der Waals surface area contributed by atoms with Gasteiger partial charge in [-0.05, 0) is 12.5 Å². The summed E-state index contributed by atoms with van der Waals surface area (Å²) < 4.78 is 63.8. The molecule has 0 unspecified atom stereocenters. The summed E-state index contributed by atoms with van der Waals surface area (Å²) >= 11 is 5.00. The topological polar surface area (TPSA) is 40.5 Å². The molecule has 1 atom stereocenters. The number of nitrogens with zero attached hydrogens (tertiary/aromatic N) is 1. The Bertz CT molecular complexity index is 617. The van der Waals surface area contributed by atoms with Crippen molar-refractivity contribution in [2.75, 3.05) is 6.54 Å².